The van der Waals surface area contributed by atoms with Gasteiger partial charge in [0, 0.05) is 36.8 Å². The number of carbonyl (C=O) groups excluding carboxylic acids is 3. The quantitative estimate of drug-likeness (QED) is 0.568. The third-order valence-corrected chi connectivity index (χ3v) is 4.65. The summed E-state index contributed by atoms with van der Waals surface area (Å²) >= 11 is 0. The predicted octanol–water partition coefficient (Wildman–Crippen LogP) is -0.241. The van der Waals surface area contributed by atoms with E-state index in [0.717, 1.165) is 0 Å². The highest BCUT2D eigenvalue weighted by Gasteiger charge is 2.32. The number of rotatable bonds is 4. The van der Waals surface area contributed by atoms with Crippen LogP contribution in [0.15, 0.2) is 41.0 Å². The summed E-state index contributed by atoms with van der Waals surface area (Å²) in [6.07, 6.45) is 1.92. The second kappa shape index (κ2) is 7.77. The molecule has 0 radical (unpaired) electrons. The Morgan fingerprint density at radius 1 is 1.22 bits per heavy atom. The van der Waals surface area contributed by atoms with Crippen molar-refractivity contribution < 1.29 is 28.8 Å². The number of piperazine rings is 1. The minimum Gasteiger partial charge on any atom is -0.459 e. The Hall–Kier alpha value is -2.91. The fraction of sp³-hybridized carbons (Fsp3) is 0.278. The maximum absolute atomic E-state index is 12.8. The zero-order chi connectivity index (χ0) is 19.6. The molecule has 1 aromatic heterocycles. The maximum Gasteiger partial charge on any atom is 0.489 e. The lowest BCUT2D eigenvalue weighted by Gasteiger charge is -2.39. The van der Waals surface area contributed by atoms with E-state index in [1.54, 1.807) is 21.9 Å². The van der Waals surface area contributed by atoms with E-state index < -0.39 is 7.12 Å². The van der Waals surface area contributed by atoms with Crippen LogP contribution in [0.2, 0.25) is 0 Å². The van der Waals surface area contributed by atoms with Gasteiger partial charge in [0.25, 0.3) is 11.8 Å². The molecule has 1 fully saturated rings. The zero-order valence-corrected chi connectivity index (χ0v) is 14.7. The first-order chi connectivity index (χ1) is 12.9. The van der Waals surface area contributed by atoms with Crippen molar-refractivity contribution in [3.8, 4) is 0 Å². The van der Waals surface area contributed by atoms with Crippen LogP contribution in [0.25, 0.3) is 0 Å². The van der Waals surface area contributed by atoms with Crippen LogP contribution in [0.5, 0.6) is 0 Å². The van der Waals surface area contributed by atoms with Gasteiger partial charge in [-0.05, 0) is 36.7 Å². The van der Waals surface area contributed by atoms with Gasteiger partial charge in [0.05, 0.1) is 6.26 Å². The van der Waals surface area contributed by atoms with Gasteiger partial charge in [-0.3, -0.25) is 14.4 Å². The maximum atomic E-state index is 12.8. The molecule has 140 valence electrons. The molecule has 1 unspecified atom stereocenters. The van der Waals surface area contributed by atoms with Crippen LogP contribution in [-0.2, 0) is 0 Å². The summed E-state index contributed by atoms with van der Waals surface area (Å²) in [4.78, 5) is 39.6. The van der Waals surface area contributed by atoms with Crippen LogP contribution in [0.3, 0.4) is 0 Å². The first-order valence-electron chi connectivity index (χ1n) is 8.51. The van der Waals surface area contributed by atoms with Gasteiger partial charge >= 0.3 is 7.12 Å². The molecule has 1 saturated heterocycles. The van der Waals surface area contributed by atoms with Gasteiger partial charge in [0.15, 0.2) is 5.76 Å². The van der Waals surface area contributed by atoms with Gasteiger partial charge in [-0.25, -0.2) is 0 Å². The minimum atomic E-state index is -1.79. The number of carbonyl (C=O) groups is 3. The number of amides is 2. The van der Waals surface area contributed by atoms with E-state index in [9.17, 15) is 24.4 Å². The first kappa shape index (κ1) is 18.9. The summed E-state index contributed by atoms with van der Waals surface area (Å²) in [5.74, 6) is -0.242. The fourth-order valence-electron chi connectivity index (χ4n) is 3.21. The highest BCUT2D eigenvalue weighted by Crippen LogP contribution is 2.17. The van der Waals surface area contributed by atoms with E-state index in [0.29, 0.717) is 25.9 Å². The number of aldehydes is 1. The molecule has 8 nitrogen and oxygen atoms in total. The third-order valence-electron chi connectivity index (χ3n) is 4.65. The summed E-state index contributed by atoms with van der Waals surface area (Å²) in [5.41, 5.74) is 0.373. The molecular formula is C18H19BN2O6. The smallest absolute Gasteiger partial charge is 0.459 e. The number of furan rings is 1. The first-order valence-corrected chi connectivity index (χ1v) is 8.51. The molecule has 0 saturated carbocycles. The molecular weight excluding hydrogens is 351 g/mol. The zero-order valence-electron chi connectivity index (χ0n) is 14.7. The molecule has 1 aliphatic heterocycles. The van der Waals surface area contributed by atoms with Gasteiger partial charge in [-0.2, -0.15) is 0 Å². The Labute approximate surface area is 156 Å². The standard InChI is InChI=1S/C18H19BN2O6/c1-12-10-20(18(24)16-3-2-8-27-16)6-7-21(12)17(23)13-4-5-15(19(25)26)14(9-13)11-22/h2-5,8-9,11-12,25-26H,6-7,10H2,1H3. The SMILES string of the molecule is CC1CN(C(=O)c2ccco2)CCN1C(=O)c1ccc(B(O)O)c(C=O)c1. The molecule has 1 aliphatic rings. The molecule has 1 aromatic carbocycles. The van der Waals surface area contributed by atoms with Crippen molar-refractivity contribution in [1.82, 2.24) is 9.80 Å². The monoisotopic (exact) mass is 370 g/mol. The van der Waals surface area contributed by atoms with Gasteiger partial charge in [-0.1, -0.05) is 6.07 Å². The number of hydrogen-bond donors (Lipinski definition) is 2. The molecule has 27 heavy (non-hydrogen) atoms. The van der Waals surface area contributed by atoms with E-state index >= 15 is 0 Å². The second-order valence-corrected chi connectivity index (χ2v) is 6.41. The molecule has 9 heteroatoms. The van der Waals surface area contributed by atoms with Crippen LogP contribution >= 0.6 is 0 Å². The second-order valence-electron chi connectivity index (χ2n) is 6.41. The topological polar surface area (TPSA) is 111 Å². The molecule has 1 atom stereocenters. The van der Waals surface area contributed by atoms with Crippen molar-refractivity contribution in [2.45, 2.75) is 13.0 Å². The summed E-state index contributed by atoms with van der Waals surface area (Å²) in [7, 11) is -1.79. The molecule has 2 amide bonds. The number of benzene rings is 1. The average molecular weight is 370 g/mol. The summed E-state index contributed by atoms with van der Waals surface area (Å²) in [5, 5.41) is 18.5. The minimum absolute atomic E-state index is 0.0449. The van der Waals surface area contributed by atoms with Gasteiger partial charge in [-0.15, -0.1) is 0 Å². The van der Waals surface area contributed by atoms with Crippen LogP contribution in [0, 0.1) is 0 Å². The summed E-state index contributed by atoms with van der Waals surface area (Å²) < 4.78 is 5.14. The van der Waals surface area contributed by atoms with Crippen molar-refractivity contribution in [3.63, 3.8) is 0 Å². The van der Waals surface area contributed by atoms with E-state index in [1.165, 1.54) is 24.5 Å². The number of hydrogen-bond acceptors (Lipinski definition) is 6. The van der Waals surface area contributed by atoms with Gasteiger partial charge in [0.2, 0.25) is 0 Å². The highest BCUT2D eigenvalue weighted by atomic mass is 16.4. The van der Waals surface area contributed by atoms with Crippen LogP contribution in [-0.4, -0.2) is 70.7 Å². The van der Waals surface area contributed by atoms with Crippen molar-refractivity contribution in [3.05, 3.63) is 53.5 Å². The third kappa shape index (κ3) is 3.79. The molecule has 2 heterocycles. The van der Waals surface area contributed by atoms with Crippen molar-refractivity contribution in [2.75, 3.05) is 19.6 Å². The summed E-state index contributed by atoms with van der Waals surface area (Å²) in [6, 6.07) is 7.17. The average Bonchev–Trinajstić information content (AvgIpc) is 3.20. The van der Waals surface area contributed by atoms with E-state index in [-0.39, 0.29) is 40.2 Å². The molecule has 2 N–H and O–H groups in total. The summed E-state index contributed by atoms with van der Waals surface area (Å²) in [6.45, 7) is 2.90. The molecule has 0 spiro atoms. The Morgan fingerprint density at radius 2 is 2.00 bits per heavy atom. The van der Waals surface area contributed by atoms with Gasteiger partial charge < -0.3 is 24.3 Å². The van der Waals surface area contributed by atoms with E-state index in [4.69, 9.17) is 4.42 Å². The van der Waals surface area contributed by atoms with Crippen molar-refractivity contribution in [1.29, 1.82) is 0 Å². The Morgan fingerprint density at radius 3 is 2.59 bits per heavy atom. The Kier molecular flexibility index (Phi) is 5.43. The lowest BCUT2D eigenvalue weighted by Crippen LogP contribution is -2.55. The lowest BCUT2D eigenvalue weighted by molar-refractivity contribution is 0.0399. The van der Waals surface area contributed by atoms with E-state index in [1.807, 2.05) is 6.92 Å². The number of nitrogens with zero attached hydrogens (tertiary/aromatic N) is 2. The van der Waals surface area contributed by atoms with Crippen LogP contribution in [0.1, 0.15) is 38.2 Å². The Balaban J connectivity index is 1.73. The van der Waals surface area contributed by atoms with Crippen LogP contribution in [0.4, 0.5) is 0 Å². The van der Waals surface area contributed by atoms with Gasteiger partial charge in [0.1, 0.15) is 6.29 Å². The molecule has 2 aromatic rings. The van der Waals surface area contributed by atoms with Crippen molar-refractivity contribution in [2.24, 2.45) is 0 Å². The lowest BCUT2D eigenvalue weighted by atomic mass is 9.76. The van der Waals surface area contributed by atoms with E-state index in [2.05, 4.69) is 0 Å². The van der Waals surface area contributed by atoms with Crippen LogP contribution < -0.4 is 5.46 Å². The molecule has 0 aliphatic carbocycles. The predicted molar refractivity (Wildman–Crippen MR) is 96.8 cm³/mol. The normalized spacial score (nSPS) is 16.9. The van der Waals surface area contributed by atoms with Crippen molar-refractivity contribution >= 4 is 30.7 Å². The Bertz CT molecular complexity index is 852. The largest absolute Gasteiger partial charge is 0.489 e. The molecule has 3 rings (SSSR count). The molecule has 0 bridgehead atoms. The highest BCUT2D eigenvalue weighted by molar-refractivity contribution is 6.60. The fourth-order valence-corrected chi connectivity index (χ4v) is 3.21.